The molecule has 1 saturated heterocycles. The second-order valence-corrected chi connectivity index (χ2v) is 2.16. The van der Waals surface area contributed by atoms with E-state index in [-0.39, 0.29) is 0 Å². The topological polar surface area (TPSA) is 29.5 Å². The zero-order valence-corrected chi connectivity index (χ0v) is 6.95. The van der Waals surface area contributed by atoms with Crippen LogP contribution in [0.2, 0.25) is 0 Å². The summed E-state index contributed by atoms with van der Waals surface area (Å²) in [5.74, 6) is 0. The summed E-state index contributed by atoms with van der Waals surface area (Å²) in [7, 11) is 0. The van der Waals surface area contributed by atoms with E-state index in [1.165, 1.54) is 0 Å². The first-order chi connectivity index (χ1) is 5.35. The molecule has 3 nitrogen and oxygen atoms in total. The average molecular weight is 157 g/mol. The van der Waals surface area contributed by atoms with Crippen molar-refractivity contribution in [3.05, 3.63) is 12.7 Å². The standard InChI is InChI=1S/C5H9NO2.C3H6/c7-5-6-1-3-8-4-2-6;1-3-2/h5H,1-4H2;3H,1H2,2H3. The van der Waals surface area contributed by atoms with Crippen LogP contribution in [0.3, 0.4) is 0 Å². The van der Waals surface area contributed by atoms with Gasteiger partial charge in [-0.05, 0) is 6.92 Å². The molecule has 0 aromatic carbocycles. The molecule has 0 aromatic heterocycles. The van der Waals surface area contributed by atoms with E-state index < -0.39 is 0 Å². The lowest BCUT2D eigenvalue weighted by Gasteiger charge is -2.21. The van der Waals surface area contributed by atoms with E-state index in [0.717, 1.165) is 19.5 Å². The van der Waals surface area contributed by atoms with Crippen molar-refractivity contribution in [2.75, 3.05) is 26.3 Å². The van der Waals surface area contributed by atoms with Gasteiger partial charge in [-0.2, -0.15) is 0 Å². The van der Waals surface area contributed by atoms with Crippen LogP contribution in [-0.2, 0) is 9.53 Å². The number of allylic oxidation sites excluding steroid dienone is 1. The highest BCUT2D eigenvalue weighted by atomic mass is 16.5. The molecule has 0 atom stereocenters. The summed E-state index contributed by atoms with van der Waals surface area (Å²) in [6.07, 6.45) is 2.61. The van der Waals surface area contributed by atoms with E-state index in [4.69, 9.17) is 4.74 Å². The summed E-state index contributed by atoms with van der Waals surface area (Å²) >= 11 is 0. The molecular formula is C8H15NO2. The second-order valence-electron chi connectivity index (χ2n) is 2.16. The average Bonchev–Trinajstić information content (AvgIpc) is 2.08. The molecule has 64 valence electrons. The van der Waals surface area contributed by atoms with E-state index in [1.807, 2.05) is 6.92 Å². The Hall–Kier alpha value is -0.830. The zero-order chi connectivity index (χ0) is 8.53. The molecule has 0 radical (unpaired) electrons. The quantitative estimate of drug-likeness (QED) is 0.413. The number of hydrogen-bond acceptors (Lipinski definition) is 2. The Morgan fingerprint density at radius 1 is 1.45 bits per heavy atom. The number of ether oxygens (including phenoxy) is 1. The molecule has 1 fully saturated rings. The van der Waals surface area contributed by atoms with Crippen LogP contribution in [0.15, 0.2) is 12.7 Å². The number of carbonyl (C=O) groups is 1. The number of carbonyl (C=O) groups excluding carboxylic acids is 1. The van der Waals surface area contributed by atoms with Crippen molar-refractivity contribution >= 4 is 6.41 Å². The van der Waals surface area contributed by atoms with Crippen molar-refractivity contribution in [2.45, 2.75) is 6.92 Å². The molecule has 1 aliphatic heterocycles. The molecule has 1 amide bonds. The summed E-state index contributed by atoms with van der Waals surface area (Å²) < 4.78 is 5.00. The number of hydrogen-bond donors (Lipinski definition) is 0. The van der Waals surface area contributed by atoms with Gasteiger partial charge in [0.05, 0.1) is 13.2 Å². The van der Waals surface area contributed by atoms with Crippen molar-refractivity contribution in [3.63, 3.8) is 0 Å². The van der Waals surface area contributed by atoms with Crippen LogP contribution < -0.4 is 0 Å². The first-order valence-corrected chi connectivity index (χ1v) is 3.69. The molecule has 0 unspecified atom stereocenters. The van der Waals surface area contributed by atoms with Gasteiger partial charge in [0.25, 0.3) is 0 Å². The van der Waals surface area contributed by atoms with E-state index in [1.54, 1.807) is 11.0 Å². The highest BCUT2D eigenvalue weighted by Crippen LogP contribution is 1.90. The summed E-state index contributed by atoms with van der Waals surface area (Å²) in [4.78, 5) is 11.7. The Labute approximate surface area is 67.6 Å². The van der Waals surface area contributed by atoms with E-state index in [9.17, 15) is 4.79 Å². The SMILES string of the molecule is C=CC.O=CN1CCOCC1. The minimum Gasteiger partial charge on any atom is -0.378 e. The second kappa shape index (κ2) is 7.28. The third-order valence-electron chi connectivity index (χ3n) is 1.19. The summed E-state index contributed by atoms with van der Waals surface area (Å²) in [6.45, 7) is 8.14. The lowest BCUT2D eigenvalue weighted by molar-refractivity contribution is -0.121. The fourth-order valence-corrected chi connectivity index (χ4v) is 0.683. The van der Waals surface area contributed by atoms with Gasteiger partial charge in [-0.1, -0.05) is 6.08 Å². The predicted molar refractivity (Wildman–Crippen MR) is 44.3 cm³/mol. The Morgan fingerprint density at radius 2 is 1.91 bits per heavy atom. The van der Waals surface area contributed by atoms with E-state index >= 15 is 0 Å². The molecule has 0 N–H and O–H groups in total. The van der Waals surface area contributed by atoms with Crippen molar-refractivity contribution in [3.8, 4) is 0 Å². The van der Waals surface area contributed by atoms with Crippen LogP contribution in [0.1, 0.15) is 6.92 Å². The third-order valence-corrected chi connectivity index (χ3v) is 1.19. The van der Waals surface area contributed by atoms with Crippen LogP contribution in [-0.4, -0.2) is 37.6 Å². The molecule has 1 heterocycles. The highest BCUT2D eigenvalue weighted by Gasteiger charge is 2.05. The molecule has 1 rings (SSSR count). The van der Waals surface area contributed by atoms with Gasteiger partial charge in [-0.25, -0.2) is 0 Å². The molecule has 0 saturated carbocycles. The molecule has 11 heavy (non-hydrogen) atoms. The smallest absolute Gasteiger partial charge is 0.209 e. The fourth-order valence-electron chi connectivity index (χ4n) is 0.683. The van der Waals surface area contributed by atoms with Crippen LogP contribution in [0, 0.1) is 0 Å². The maximum atomic E-state index is 10.0. The maximum absolute atomic E-state index is 10.0. The zero-order valence-electron chi connectivity index (χ0n) is 6.95. The van der Waals surface area contributed by atoms with Crippen molar-refractivity contribution in [1.29, 1.82) is 0 Å². The monoisotopic (exact) mass is 157 g/mol. The van der Waals surface area contributed by atoms with Gasteiger partial charge >= 0.3 is 0 Å². The van der Waals surface area contributed by atoms with Crippen LogP contribution in [0.5, 0.6) is 0 Å². The van der Waals surface area contributed by atoms with Gasteiger partial charge in [-0.15, -0.1) is 6.58 Å². The summed E-state index contributed by atoms with van der Waals surface area (Å²) in [5.41, 5.74) is 0. The Bertz CT molecular complexity index is 109. The summed E-state index contributed by atoms with van der Waals surface area (Å²) in [6, 6.07) is 0. The van der Waals surface area contributed by atoms with Gasteiger partial charge in [0.1, 0.15) is 0 Å². The van der Waals surface area contributed by atoms with Gasteiger partial charge in [0, 0.05) is 13.1 Å². The normalized spacial score (nSPS) is 16.3. The molecular weight excluding hydrogens is 142 g/mol. The van der Waals surface area contributed by atoms with Gasteiger partial charge < -0.3 is 9.64 Å². The first-order valence-electron chi connectivity index (χ1n) is 3.69. The van der Waals surface area contributed by atoms with E-state index in [0.29, 0.717) is 13.2 Å². The molecule has 1 aliphatic rings. The van der Waals surface area contributed by atoms with Crippen molar-refractivity contribution in [2.24, 2.45) is 0 Å². The Kier molecular flexibility index (Phi) is 6.73. The van der Waals surface area contributed by atoms with Crippen LogP contribution in [0.4, 0.5) is 0 Å². The molecule has 0 aliphatic carbocycles. The Balaban J connectivity index is 0.000000292. The van der Waals surface area contributed by atoms with Crippen LogP contribution in [0.25, 0.3) is 0 Å². The van der Waals surface area contributed by atoms with Crippen molar-refractivity contribution in [1.82, 2.24) is 4.90 Å². The van der Waals surface area contributed by atoms with Crippen molar-refractivity contribution < 1.29 is 9.53 Å². The fraction of sp³-hybridized carbons (Fsp3) is 0.625. The van der Waals surface area contributed by atoms with Gasteiger partial charge in [-0.3, -0.25) is 4.79 Å². The summed E-state index contributed by atoms with van der Waals surface area (Å²) in [5, 5.41) is 0. The number of amides is 1. The minimum absolute atomic E-state index is 0.693. The Morgan fingerprint density at radius 3 is 2.18 bits per heavy atom. The van der Waals surface area contributed by atoms with E-state index in [2.05, 4.69) is 6.58 Å². The lowest BCUT2D eigenvalue weighted by atomic mass is 10.5. The molecule has 0 aromatic rings. The molecule has 0 bridgehead atoms. The number of rotatable bonds is 1. The number of nitrogens with zero attached hydrogens (tertiary/aromatic N) is 1. The predicted octanol–water partition coefficient (Wildman–Crippen LogP) is 0.667. The highest BCUT2D eigenvalue weighted by molar-refractivity contribution is 5.46. The van der Waals surface area contributed by atoms with Crippen LogP contribution >= 0.6 is 0 Å². The first kappa shape index (κ1) is 10.2. The lowest BCUT2D eigenvalue weighted by Crippen LogP contribution is -2.34. The molecule has 0 spiro atoms. The van der Waals surface area contributed by atoms with Gasteiger partial charge in [0.15, 0.2) is 0 Å². The largest absolute Gasteiger partial charge is 0.378 e. The minimum atomic E-state index is 0.693. The molecule has 3 heteroatoms. The van der Waals surface area contributed by atoms with Gasteiger partial charge in [0.2, 0.25) is 6.41 Å². The third kappa shape index (κ3) is 5.61. The maximum Gasteiger partial charge on any atom is 0.209 e. The number of morpholine rings is 1.